The van der Waals surface area contributed by atoms with Gasteiger partial charge in [-0.3, -0.25) is 4.90 Å². The quantitative estimate of drug-likeness (QED) is 0.625. The predicted molar refractivity (Wildman–Crippen MR) is 62.0 cm³/mol. The van der Waals surface area contributed by atoms with E-state index in [0.29, 0.717) is 6.61 Å². The van der Waals surface area contributed by atoms with Gasteiger partial charge in [-0.15, -0.1) is 0 Å². The van der Waals surface area contributed by atoms with Crippen LogP contribution in [0, 0.1) is 0 Å². The zero-order chi connectivity index (χ0) is 10.9. The van der Waals surface area contributed by atoms with Crippen molar-refractivity contribution in [2.24, 2.45) is 0 Å². The van der Waals surface area contributed by atoms with Crippen molar-refractivity contribution in [3.63, 3.8) is 0 Å². The summed E-state index contributed by atoms with van der Waals surface area (Å²) in [7, 11) is 1.75. The third kappa shape index (κ3) is 4.96. The molecule has 0 aromatic rings. The van der Waals surface area contributed by atoms with E-state index in [4.69, 9.17) is 9.84 Å². The second kappa shape index (κ2) is 8.08. The first-order valence-corrected chi connectivity index (χ1v) is 6.22. The zero-order valence-electron chi connectivity index (χ0n) is 9.95. The van der Waals surface area contributed by atoms with Crippen molar-refractivity contribution in [1.29, 1.82) is 0 Å². The molecule has 0 aromatic carbocycles. The van der Waals surface area contributed by atoms with Crippen LogP contribution in [0.15, 0.2) is 0 Å². The number of hydrogen-bond donors (Lipinski definition) is 1. The summed E-state index contributed by atoms with van der Waals surface area (Å²) < 4.78 is 5.04. The Hall–Kier alpha value is -0.120. The van der Waals surface area contributed by atoms with Gasteiger partial charge >= 0.3 is 0 Å². The van der Waals surface area contributed by atoms with Gasteiger partial charge in [0.1, 0.15) is 0 Å². The van der Waals surface area contributed by atoms with E-state index < -0.39 is 0 Å². The Labute approximate surface area is 93.4 Å². The summed E-state index contributed by atoms with van der Waals surface area (Å²) in [5, 5.41) is 9.03. The maximum atomic E-state index is 9.03. The molecule has 3 nitrogen and oxygen atoms in total. The van der Waals surface area contributed by atoms with E-state index in [1.165, 1.54) is 32.1 Å². The fourth-order valence-electron chi connectivity index (χ4n) is 2.44. The molecule has 0 radical (unpaired) electrons. The SMILES string of the molecule is COCCCCN(CCO)C1CCCC1. The van der Waals surface area contributed by atoms with Crippen LogP contribution in [-0.4, -0.2) is 49.5 Å². The van der Waals surface area contributed by atoms with Gasteiger partial charge < -0.3 is 9.84 Å². The minimum Gasteiger partial charge on any atom is -0.395 e. The molecule has 1 aliphatic carbocycles. The molecular weight excluding hydrogens is 190 g/mol. The third-order valence-electron chi connectivity index (χ3n) is 3.27. The molecule has 3 heteroatoms. The third-order valence-corrected chi connectivity index (χ3v) is 3.27. The highest BCUT2D eigenvalue weighted by molar-refractivity contribution is 4.77. The highest BCUT2D eigenvalue weighted by Gasteiger charge is 2.21. The van der Waals surface area contributed by atoms with E-state index in [-0.39, 0.29) is 0 Å². The number of methoxy groups -OCH3 is 1. The maximum absolute atomic E-state index is 9.03. The number of ether oxygens (including phenoxy) is 1. The summed E-state index contributed by atoms with van der Waals surface area (Å²) in [6, 6.07) is 0.736. The summed E-state index contributed by atoms with van der Waals surface area (Å²) in [5.41, 5.74) is 0. The lowest BCUT2D eigenvalue weighted by Gasteiger charge is -2.27. The number of unbranched alkanes of at least 4 members (excludes halogenated alkanes) is 1. The lowest BCUT2D eigenvalue weighted by atomic mass is 10.2. The van der Waals surface area contributed by atoms with Crippen LogP contribution in [-0.2, 0) is 4.74 Å². The monoisotopic (exact) mass is 215 g/mol. The first-order valence-electron chi connectivity index (χ1n) is 6.22. The van der Waals surface area contributed by atoms with Crippen LogP contribution >= 0.6 is 0 Å². The summed E-state index contributed by atoms with van der Waals surface area (Å²) in [6.45, 7) is 3.12. The Morgan fingerprint density at radius 3 is 2.53 bits per heavy atom. The molecule has 1 N–H and O–H groups in total. The predicted octanol–water partition coefficient (Wildman–Crippen LogP) is 1.65. The molecule has 0 spiro atoms. The Morgan fingerprint density at radius 2 is 1.93 bits per heavy atom. The normalized spacial score (nSPS) is 17.8. The van der Waals surface area contributed by atoms with Crippen molar-refractivity contribution in [1.82, 2.24) is 4.90 Å². The number of nitrogens with zero attached hydrogens (tertiary/aromatic N) is 1. The van der Waals surface area contributed by atoms with Gasteiger partial charge in [-0.1, -0.05) is 12.8 Å². The summed E-state index contributed by atoms with van der Waals surface area (Å²) in [6.07, 6.45) is 7.69. The molecule has 0 unspecified atom stereocenters. The highest BCUT2D eigenvalue weighted by Crippen LogP contribution is 2.23. The Kier molecular flexibility index (Phi) is 6.98. The van der Waals surface area contributed by atoms with Crippen LogP contribution < -0.4 is 0 Å². The first-order chi connectivity index (χ1) is 7.38. The van der Waals surface area contributed by atoms with Crippen LogP contribution in [0.25, 0.3) is 0 Å². The second-order valence-corrected chi connectivity index (χ2v) is 4.40. The first kappa shape index (κ1) is 12.9. The largest absolute Gasteiger partial charge is 0.395 e. The molecule has 90 valence electrons. The molecule has 0 atom stereocenters. The van der Waals surface area contributed by atoms with E-state index in [1.807, 2.05) is 0 Å². The Bertz CT molecular complexity index is 147. The fourth-order valence-corrected chi connectivity index (χ4v) is 2.44. The molecule has 0 aliphatic heterocycles. The summed E-state index contributed by atoms with van der Waals surface area (Å²) in [5.74, 6) is 0. The molecule has 1 fully saturated rings. The van der Waals surface area contributed by atoms with Crippen molar-refractivity contribution in [2.75, 3.05) is 33.4 Å². The molecule has 0 amide bonds. The van der Waals surface area contributed by atoms with Gasteiger partial charge in [0, 0.05) is 26.3 Å². The summed E-state index contributed by atoms with van der Waals surface area (Å²) in [4.78, 5) is 2.46. The molecular formula is C12H25NO2. The van der Waals surface area contributed by atoms with E-state index in [1.54, 1.807) is 7.11 Å². The minimum atomic E-state index is 0.292. The molecule has 0 heterocycles. The van der Waals surface area contributed by atoms with E-state index in [2.05, 4.69) is 4.90 Å². The van der Waals surface area contributed by atoms with Crippen molar-refractivity contribution in [3.8, 4) is 0 Å². The fraction of sp³-hybridized carbons (Fsp3) is 1.00. The van der Waals surface area contributed by atoms with E-state index in [0.717, 1.165) is 32.2 Å². The number of hydrogen-bond acceptors (Lipinski definition) is 3. The number of aliphatic hydroxyl groups is 1. The van der Waals surface area contributed by atoms with Gasteiger partial charge in [0.05, 0.1) is 6.61 Å². The molecule has 0 bridgehead atoms. The van der Waals surface area contributed by atoms with Gasteiger partial charge in [0.2, 0.25) is 0 Å². The standard InChI is InChI=1S/C12H25NO2/c1-15-11-5-4-8-13(9-10-14)12-6-2-3-7-12/h12,14H,2-11H2,1H3. The van der Waals surface area contributed by atoms with Gasteiger partial charge in [0.15, 0.2) is 0 Å². The molecule has 1 aliphatic rings. The Balaban J connectivity index is 2.17. The molecule has 15 heavy (non-hydrogen) atoms. The lowest BCUT2D eigenvalue weighted by molar-refractivity contribution is 0.140. The average molecular weight is 215 g/mol. The number of rotatable bonds is 8. The Morgan fingerprint density at radius 1 is 1.20 bits per heavy atom. The molecule has 0 saturated heterocycles. The van der Waals surface area contributed by atoms with Crippen LogP contribution in [0.5, 0.6) is 0 Å². The van der Waals surface area contributed by atoms with Crippen LogP contribution in [0.3, 0.4) is 0 Å². The van der Waals surface area contributed by atoms with Gasteiger partial charge in [-0.05, 0) is 32.2 Å². The van der Waals surface area contributed by atoms with Crippen molar-refractivity contribution in [2.45, 2.75) is 44.6 Å². The topological polar surface area (TPSA) is 32.7 Å². The van der Waals surface area contributed by atoms with Gasteiger partial charge in [-0.2, -0.15) is 0 Å². The average Bonchev–Trinajstić information content (AvgIpc) is 2.76. The van der Waals surface area contributed by atoms with Crippen molar-refractivity contribution >= 4 is 0 Å². The molecule has 1 rings (SSSR count). The highest BCUT2D eigenvalue weighted by atomic mass is 16.5. The van der Waals surface area contributed by atoms with E-state index >= 15 is 0 Å². The van der Waals surface area contributed by atoms with Crippen molar-refractivity contribution < 1.29 is 9.84 Å². The van der Waals surface area contributed by atoms with E-state index in [9.17, 15) is 0 Å². The lowest BCUT2D eigenvalue weighted by Crippen LogP contribution is -2.36. The second-order valence-electron chi connectivity index (χ2n) is 4.40. The molecule has 1 saturated carbocycles. The summed E-state index contributed by atoms with van der Waals surface area (Å²) >= 11 is 0. The van der Waals surface area contributed by atoms with Gasteiger partial charge in [0.25, 0.3) is 0 Å². The van der Waals surface area contributed by atoms with Crippen molar-refractivity contribution in [3.05, 3.63) is 0 Å². The zero-order valence-corrected chi connectivity index (χ0v) is 9.95. The smallest absolute Gasteiger partial charge is 0.0558 e. The minimum absolute atomic E-state index is 0.292. The van der Waals surface area contributed by atoms with Crippen LogP contribution in [0.2, 0.25) is 0 Å². The molecule has 0 aromatic heterocycles. The van der Waals surface area contributed by atoms with Crippen LogP contribution in [0.1, 0.15) is 38.5 Å². The van der Waals surface area contributed by atoms with Gasteiger partial charge in [-0.25, -0.2) is 0 Å². The maximum Gasteiger partial charge on any atom is 0.0558 e. The number of aliphatic hydroxyl groups excluding tert-OH is 1. The van der Waals surface area contributed by atoms with Crippen LogP contribution in [0.4, 0.5) is 0 Å².